The summed E-state index contributed by atoms with van der Waals surface area (Å²) in [6.07, 6.45) is 4.58. The van der Waals surface area contributed by atoms with E-state index in [1.165, 1.54) is 6.07 Å². The quantitative estimate of drug-likeness (QED) is 0.433. The van der Waals surface area contributed by atoms with Crippen LogP contribution < -0.4 is 14.8 Å². The fraction of sp³-hybridized carbons (Fsp3) is 0.458. The second-order valence-corrected chi connectivity index (χ2v) is 9.82. The normalized spacial score (nSPS) is 15.2. The number of hydrogen-bond donors (Lipinski definition) is 1. The van der Waals surface area contributed by atoms with Crippen LogP contribution in [0.1, 0.15) is 41.6 Å². The van der Waals surface area contributed by atoms with Crippen LogP contribution in [0.3, 0.4) is 0 Å². The number of ketones is 1. The first kappa shape index (κ1) is 24.2. The fourth-order valence-electron chi connectivity index (χ4n) is 3.83. The van der Waals surface area contributed by atoms with E-state index in [0.29, 0.717) is 36.7 Å². The monoisotopic (exact) mass is 460 g/mol. The highest BCUT2D eigenvalue weighted by Crippen LogP contribution is 2.27. The Hall–Kier alpha value is -2.42. The van der Waals surface area contributed by atoms with Crippen molar-refractivity contribution in [3.8, 4) is 11.5 Å². The first-order valence-electron chi connectivity index (χ1n) is 11.0. The molecule has 0 radical (unpaired) electrons. The van der Waals surface area contributed by atoms with Gasteiger partial charge >= 0.3 is 0 Å². The summed E-state index contributed by atoms with van der Waals surface area (Å²) in [7, 11) is -0.383. The summed E-state index contributed by atoms with van der Waals surface area (Å²) >= 11 is 0. The van der Waals surface area contributed by atoms with Gasteiger partial charge in [-0.25, -0.2) is 8.42 Å². The second-order valence-electron chi connectivity index (χ2n) is 7.89. The van der Waals surface area contributed by atoms with E-state index >= 15 is 0 Å². The Kier molecular flexibility index (Phi) is 8.67. The van der Waals surface area contributed by atoms with Gasteiger partial charge in [0.2, 0.25) is 10.0 Å². The van der Waals surface area contributed by atoms with Gasteiger partial charge in [-0.3, -0.25) is 4.79 Å². The van der Waals surface area contributed by atoms with Crippen molar-refractivity contribution >= 4 is 15.8 Å². The number of nitrogens with zero attached hydrogens (tertiary/aromatic N) is 1. The van der Waals surface area contributed by atoms with E-state index in [0.717, 1.165) is 37.7 Å². The van der Waals surface area contributed by atoms with E-state index in [1.54, 1.807) is 36.7 Å². The number of ether oxygens (including phenoxy) is 2. The van der Waals surface area contributed by atoms with Crippen LogP contribution in [0.5, 0.6) is 11.5 Å². The highest BCUT2D eigenvalue weighted by molar-refractivity contribution is 7.89. The summed E-state index contributed by atoms with van der Waals surface area (Å²) in [6, 6.07) is 12.1. The number of sulfonamides is 1. The molecule has 32 heavy (non-hydrogen) atoms. The third-order valence-corrected chi connectivity index (χ3v) is 7.58. The molecular weight excluding hydrogens is 428 g/mol. The third-order valence-electron chi connectivity index (χ3n) is 5.68. The van der Waals surface area contributed by atoms with Gasteiger partial charge in [-0.05, 0) is 55.6 Å². The lowest BCUT2D eigenvalue weighted by Gasteiger charge is -2.20. The van der Waals surface area contributed by atoms with Crippen molar-refractivity contribution in [3.05, 3.63) is 53.6 Å². The first-order valence-corrected chi connectivity index (χ1v) is 12.4. The van der Waals surface area contributed by atoms with Crippen molar-refractivity contribution in [1.82, 2.24) is 9.62 Å². The Morgan fingerprint density at radius 2 is 1.69 bits per heavy atom. The van der Waals surface area contributed by atoms with E-state index < -0.39 is 10.0 Å². The van der Waals surface area contributed by atoms with Gasteiger partial charge in [0.15, 0.2) is 17.3 Å². The summed E-state index contributed by atoms with van der Waals surface area (Å²) in [5, 5.41) is 3.15. The number of Topliss-reactive ketones (excluding diaryl/α,β-unsaturated/α-hetero) is 1. The Morgan fingerprint density at radius 1 is 0.969 bits per heavy atom. The summed E-state index contributed by atoms with van der Waals surface area (Å²) in [6.45, 7) is 1.82. The average molecular weight is 461 g/mol. The van der Waals surface area contributed by atoms with Crippen LogP contribution >= 0.6 is 0 Å². The molecule has 2 aromatic rings. The molecule has 1 fully saturated rings. The largest absolute Gasteiger partial charge is 0.493 e. The molecule has 1 aliphatic rings. The molecule has 0 saturated carbocycles. The van der Waals surface area contributed by atoms with Gasteiger partial charge in [0, 0.05) is 18.7 Å². The first-order chi connectivity index (χ1) is 15.5. The van der Waals surface area contributed by atoms with Crippen molar-refractivity contribution in [2.24, 2.45) is 0 Å². The van der Waals surface area contributed by atoms with Gasteiger partial charge in [0.05, 0.1) is 25.7 Å². The lowest BCUT2D eigenvalue weighted by atomic mass is 10.1. The predicted molar refractivity (Wildman–Crippen MR) is 124 cm³/mol. The number of nitrogens with one attached hydrogen (secondary N) is 1. The van der Waals surface area contributed by atoms with Gasteiger partial charge < -0.3 is 14.8 Å². The van der Waals surface area contributed by atoms with Crippen molar-refractivity contribution in [2.75, 3.05) is 40.4 Å². The maximum Gasteiger partial charge on any atom is 0.243 e. The number of hydrogen-bond acceptors (Lipinski definition) is 6. The molecular formula is C24H32N2O5S. The van der Waals surface area contributed by atoms with Gasteiger partial charge in [-0.15, -0.1) is 0 Å². The number of methoxy groups -OCH3 is 2. The molecule has 0 unspecified atom stereocenters. The number of carbonyl (C=O) groups is 1. The third kappa shape index (κ3) is 6.09. The minimum atomic E-state index is -3.58. The lowest BCUT2D eigenvalue weighted by Crippen LogP contribution is -2.32. The zero-order valence-corrected chi connectivity index (χ0v) is 19.6. The van der Waals surface area contributed by atoms with Gasteiger partial charge in [-0.2, -0.15) is 4.31 Å². The lowest BCUT2D eigenvalue weighted by molar-refractivity contribution is 0.0991. The summed E-state index contributed by atoms with van der Waals surface area (Å²) in [5.74, 6) is 1.21. The minimum absolute atomic E-state index is 0.134. The predicted octanol–water partition coefficient (Wildman–Crippen LogP) is 3.28. The molecule has 8 heteroatoms. The standard InChI is InChI=1S/C24H32N2O5S/c1-30-23-11-10-19(16-24(23)31-2)12-13-25-18-22(27)20-8-7-9-21(17-20)32(28,29)26-14-5-3-4-6-15-26/h7-11,16-17,25H,3-6,12-15,18H2,1-2H3. The maximum absolute atomic E-state index is 13.0. The molecule has 0 aliphatic carbocycles. The van der Waals surface area contributed by atoms with Crippen LogP contribution in [0, 0.1) is 0 Å². The molecule has 174 valence electrons. The molecule has 0 aromatic heterocycles. The van der Waals surface area contributed by atoms with Crippen LogP contribution in [0.15, 0.2) is 47.4 Å². The highest BCUT2D eigenvalue weighted by atomic mass is 32.2. The van der Waals surface area contributed by atoms with E-state index in [2.05, 4.69) is 5.32 Å². The minimum Gasteiger partial charge on any atom is -0.493 e. The molecule has 3 rings (SSSR count). The van der Waals surface area contributed by atoms with Crippen molar-refractivity contribution in [3.63, 3.8) is 0 Å². The van der Waals surface area contributed by atoms with Crippen LogP contribution in [-0.2, 0) is 16.4 Å². The van der Waals surface area contributed by atoms with Crippen molar-refractivity contribution < 1.29 is 22.7 Å². The highest BCUT2D eigenvalue weighted by Gasteiger charge is 2.25. The van der Waals surface area contributed by atoms with Crippen molar-refractivity contribution in [2.45, 2.75) is 37.0 Å². The SMILES string of the molecule is COc1ccc(CCNCC(=O)c2cccc(S(=O)(=O)N3CCCCCC3)c2)cc1OC. The molecule has 1 saturated heterocycles. The molecule has 0 atom stereocenters. The van der Waals surface area contributed by atoms with Crippen LogP contribution in [-0.4, -0.2) is 58.9 Å². The molecule has 0 amide bonds. The van der Waals surface area contributed by atoms with E-state index in [4.69, 9.17) is 9.47 Å². The number of benzene rings is 2. The Balaban J connectivity index is 1.57. The Labute approximate surface area is 190 Å². The van der Waals surface area contributed by atoms with Crippen LogP contribution in [0.2, 0.25) is 0 Å². The Morgan fingerprint density at radius 3 is 2.38 bits per heavy atom. The molecule has 2 aromatic carbocycles. The van der Waals surface area contributed by atoms with Gasteiger partial charge in [0.25, 0.3) is 0 Å². The van der Waals surface area contributed by atoms with Crippen molar-refractivity contribution in [1.29, 1.82) is 0 Å². The molecule has 0 spiro atoms. The second kappa shape index (κ2) is 11.4. The van der Waals surface area contributed by atoms with Crippen LogP contribution in [0.4, 0.5) is 0 Å². The summed E-state index contributed by atoms with van der Waals surface area (Å²) < 4.78 is 38.1. The van der Waals surface area contributed by atoms with E-state index in [1.807, 2.05) is 18.2 Å². The zero-order valence-electron chi connectivity index (χ0n) is 18.8. The average Bonchev–Trinajstić information content (AvgIpc) is 3.12. The Bertz CT molecular complexity index is 1010. The molecule has 7 nitrogen and oxygen atoms in total. The maximum atomic E-state index is 13.0. The molecule has 1 heterocycles. The van der Waals surface area contributed by atoms with Gasteiger partial charge in [0.1, 0.15) is 0 Å². The fourth-order valence-corrected chi connectivity index (χ4v) is 5.40. The molecule has 1 aliphatic heterocycles. The molecule has 1 N–H and O–H groups in total. The summed E-state index contributed by atoms with van der Waals surface area (Å²) in [5.41, 5.74) is 1.47. The van der Waals surface area contributed by atoms with Crippen LogP contribution in [0.25, 0.3) is 0 Å². The molecule has 0 bridgehead atoms. The topological polar surface area (TPSA) is 84.9 Å². The van der Waals surface area contributed by atoms with E-state index in [-0.39, 0.29) is 17.2 Å². The zero-order chi connectivity index (χ0) is 23.0. The summed E-state index contributed by atoms with van der Waals surface area (Å²) in [4.78, 5) is 12.8. The number of carbonyl (C=O) groups excluding carboxylic acids is 1. The van der Waals surface area contributed by atoms with Gasteiger partial charge in [-0.1, -0.05) is 31.0 Å². The number of rotatable bonds is 10. The van der Waals surface area contributed by atoms with E-state index in [9.17, 15) is 13.2 Å². The smallest absolute Gasteiger partial charge is 0.243 e.